The largest absolute Gasteiger partial charge is 0.481 e. The zero-order chi connectivity index (χ0) is 28.9. The summed E-state index contributed by atoms with van der Waals surface area (Å²) in [5.74, 6) is 0.149. The second kappa shape index (κ2) is 12.3. The Kier molecular flexibility index (Phi) is 9.38. The number of aliphatic carboxylic acids is 1. The molecule has 0 saturated carbocycles. The first-order valence-corrected chi connectivity index (χ1v) is 13.6. The van der Waals surface area contributed by atoms with Crippen LogP contribution in [0.25, 0.3) is 5.57 Å². The van der Waals surface area contributed by atoms with Gasteiger partial charge in [-0.1, -0.05) is 64.1 Å². The molecule has 0 aliphatic carbocycles. The molecule has 206 valence electrons. The number of hydrogen-bond donors (Lipinski definition) is 2. The zero-order valence-electron chi connectivity index (χ0n) is 24.1. The van der Waals surface area contributed by atoms with E-state index in [0.29, 0.717) is 29.9 Å². The number of nitrogen functional groups attached to an aromatic ring is 1. The number of benzene rings is 1. The van der Waals surface area contributed by atoms with Gasteiger partial charge in [0.1, 0.15) is 11.6 Å². The van der Waals surface area contributed by atoms with Gasteiger partial charge in [0.15, 0.2) is 5.82 Å². The highest BCUT2D eigenvalue weighted by Crippen LogP contribution is 2.39. The summed E-state index contributed by atoms with van der Waals surface area (Å²) in [4.78, 5) is 39.0. The number of pyridine rings is 1. The molecule has 3 rings (SSSR count). The van der Waals surface area contributed by atoms with Crippen molar-refractivity contribution in [2.24, 2.45) is 0 Å². The second-order valence-corrected chi connectivity index (χ2v) is 10.5. The van der Waals surface area contributed by atoms with Crippen LogP contribution >= 0.6 is 0 Å². The molecule has 0 fully saturated rings. The zero-order valence-corrected chi connectivity index (χ0v) is 24.1. The number of carboxylic acid groups (broad SMARTS) is 1. The Morgan fingerprint density at radius 1 is 1.03 bits per heavy atom. The maximum absolute atomic E-state index is 13.5. The third-order valence-electron chi connectivity index (χ3n) is 7.21. The summed E-state index contributed by atoms with van der Waals surface area (Å²) in [6, 6.07) is 11.6. The van der Waals surface area contributed by atoms with E-state index >= 15 is 0 Å². The Balaban J connectivity index is 2.17. The Bertz CT molecular complexity index is 1370. The fourth-order valence-electron chi connectivity index (χ4n) is 5.16. The van der Waals surface area contributed by atoms with Crippen LogP contribution in [0.5, 0.6) is 0 Å². The monoisotopic (exact) mass is 528 g/mol. The number of hydrogen-bond acceptors (Lipinski definition) is 6. The van der Waals surface area contributed by atoms with E-state index in [0.717, 1.165) is 40.1 Å². The van der Waals surface area contributed by atoms with Crippen LogP contribution in [-0.2, 0) is 21.4 Å². The molecule has 7 nitrogen and oxygen atoms in total. The van der Waals surface area contributed by atoms with Gasteiger partial charge in [-0.25, -0.2) is 9.97 Å². The van der Waals surface area contributed by atoms with Gasteiger partial charge in [-0.15, -0.1) is 0 Å². The minimum absolute atomic E-state index is 0.00101. The molecule has 0 bridgehead atoms. The minimum Gasteiger partial charge on any atom is -0.481 e. The first kappa shape index (κ1) is 29.7. The quantitative estimate of drug-likeness (QED) is 0.298. The Morgan fingerprint density at radius 2 is 1.69 bits per heavy atom. The van der Waals surface area contributed by atoms with Crippen molar-refractivity contribution in [2.75, 3.05) is 5.73 Å². The van der Waals surface area contributed by atoms with Crippen molar-refractivity contribution in [2.45, 2.75) is 85.5 Å². The van der Waals surface area contributed by atoms with Gasteiger partial charge in [0.2, 0.25) is 0 Å². The summed E-state index contributed by atoms with van der Waals surface area (Å²) in [5, 5.41) is 9.02. The third kappa shape index (κ3) is 6.24. The lowest BCUT2D eigenvalue weighted by Crippen LogP contribution is -2.36. The lowest BCUT2D eigenvalue weighted by atomic mass is 9.71. The van der Waals surface area contributed by atoms with E-state index in [2.05, 4.69) is 32.9 Å². The maximum atomic E-state index is 13.5. The average molecular weight is 529 g/mol. The van der Waals surface area contributed by atoms with Crippen LogP contribution in [0, 0.1) is 13.8 Å². The number of carboxylic acids is 1. The Morgan fingerprint density at radius 3 is 2.23 bits per heavy atom. The summed E-state index contributed by atoms with van der Waals surface area (Å²) < 4.78 is 0. The van der Waals surface area contributed by atoms with Crippen LogP contribution in [0.15, 0.2) is 42.5 Å². The molecular weight excluding hydrogens is 488 g/mol. The molecule has 0 saturated heterocycles. The molecule has 7 heteroatoms. The lowest BCUT2D eigenvalue weighted by molar-refractivity contribution is -0.137. The van der Waals surface area contributed by atoms with Gasteiger partial charge in [-0.2, -0.15) is 0 Å². The molecule has 3 N–H and O–H groups in total. The molecule has 0 unspecified atom stereocenters. The van der Waals surface area contributed by atoms with Crippen molar-refractivity contribution in [3.05, 3.63) is 87.6 Å². The van der Waals surface area contributed by atoms with E-state index in [4.69, 9.17) is 25.8 Å². The first-order valence-electron chi connectivity index (χ1n) is 13.6. The number of carbonyl (C=O) groups is 2. The Hall–Kier alpha value is -3.87. The highest BCUT2D eigenvalue weighted by molar-refractivity contribution is 5.95. The van der Waals surface area contributed by atoms with E-state index in [-0.39, 0.29) is 23.9 Å². The van der Waals surface area contributed by atoms with E-state index in [1.807, 2.05) is 58.0 Å². The smallest absolute Gasteiger partial charge is 0.303 e. The number of allylic oxidation sites excluding steroid dienone is 1. The topological polar surface area (TPSA) is 119 Å². The predicted molar refractivity (Wildman–Crippen MR) is 156 cm³/mol. The molecular formula is C32H40N4O3. The normalized spacial score (nSPS) is 13.4. The van der Waals surface area contributed by atoms with Gasteiger partial charge in [0.05, 0.1) is 11.1 Å². The molecule has 1 aromatic carbocycles. The van der Waals surface area contributed by atoms with Crippen LogP contribution in [0.2, 0.25) is 0 Å². The van der Waals surface area contributed by atoms with Crippen molar-refractivity contribution >= 4 is 23.1 Å². The SMILES string of the molecule is CC/C=C(\c1nc(C)c([C@@](C)(C(=O)CC)c2ccc(CCC(=O)O)cc2)c(N)n1)c1ccc(C)nc1C(C)C. The number of rotatable bonds is 11. The van der Waals surface area contributed by atoms with Crippen LogP contribution in [0.1, 0.15) is 105 Å². The van der Waals surface area contributed by atoms with E-state index in [9.17, 15) is 9.59 Å². The number of aromatic nitrogens is 3. The molecule has 0 aliphatic heterocycles. The van der Waals surface area contributed by atoms with E-state index < -0.39 is 11.4 Å². The number of carbonyl (C=O) groups excluding carboxylic acids is 1. The molecule has 0 radical (unpaired) electrons. The predicted octanol–water partition coefficient (Wildman–Crippen LogP) is 6.34. The fraction of sp³-hybridized carbons (Fsp3) is 0.406. The van der Waals surface area contributed by atoms with Crippen molar-refractivity contribution < 1.29 is 14.7 Å². The van der Waals surface area contributed by atoms with Crippen LogP contribution < -0.4 is 5.73 Å². The van der Waals surface area contributed by atoms with Crippen LogP contribution in [0.4, 0.5) is 5.82 Å². The number of nitrogens with zero attached hydrogens (tertiary/aromatic N) is 3. The maximum Gasteiger partial charge on any atom is 0.303 e. The second-order valence-electron chi connectivity index (χ2n) is 10.5. The van der Waals surface area contributed by atoms with Gasteiger partial charge in [0.25, 0.3) is 0 Å². The summed E-state index contributed by atoms with van der Waals surface area (Å²) in [6.45, 7) is 13.9. The minimum atomic E-state index is -1.06. The molecule has 2 aromatic heterocycles. The van der Waals surface area contributed by atoms with Crippen molar-refractivity contribution in [3.8, 4) is 0 Å². The first-order chi connectivity index (χ1) is 18.4. The summed E-state index contributed by atoms with van der Waals surface area (Å²) in [6.07, 6.45) is 3.66. The number of nitrogens with two attached hydrogens (primary N) is 1. The summed E-state index contributed by atoms with van der Waals surface area (Å²) in [7, 11) is 0. The van der Waals surface area contributed by atoms with Crippen molar-refractivity contribution in [1.82, 2.24) is 15.0 Å². The van der Waals surface area contributed by atoms with Crippen molar-refractivity contribution in [1.29, 1.82) is 0 Å². The molecule has 2 heterocycles. The third-order valence-corrected chi connectivity index (χ3v) is 7.21. The van der Waals surface area contributed by atoms with Crippen molar-refractivity contribution in [3.63, 3.8) is 0 Å². The molecule has 0 aliphatic rings. The van der Waals surface area contributed by atoms with E-state index in [1.165, 1.54) is 0 Å². The Labute approximate surface area is 231 Å². The lowest BCUT2D eigenvalue weighted by Gasteiger charge is -2.31. The van der Waals surface area contributed by atoms with Gasteiger partial charge in [-0.05, 0) is 56.7 Å². The van der Waals surface area contributed by atoms with Gasteiger partial charge in [-0.3, -0.25) is 14.6 Å². The number of aryl methyl sites for hydroxylation is 3. The molecule has 39 heavy (non-hydrogen) atoms. The highest BCUT2D eigenvalue weighted by atomic mass is 16.4. The molecule has 0 spiro atoms. The van der Waals surface area contributed by atoms with Gasteiger partial charge in [0, 0.05) is 40.9 Å². The standard InChI is InChI=1S/C32H40N4O3/c1-8-10-25(24-17-11-20(5)34-29(24)19(3)4)31-35-21(6)28(30(33)36-31)32(7,26(37)9-2)23-15-12-22(13-16-23)14-18-27(38)39/h10-13,15-17,19H,8-9,14,18H2,1-7H3,(H,38,39)(H2,33,35,36)/b25-10-/t32-/m1/s1. The average Bonchev–Trinajstić information content (AvgIpc) is 2.89. The number of anilines is 1. The van der Waals surface area contributed by atoms with Crippen LogP contribution in [-0.4, -0.2) is 31.8 Å². The fourth-order valence-corrected chi connectivity index (χ4v) is 5.16. The van der Waals surface area contributed by atoms with Crippen LogP contribution in [0.3, 0.4) is 0 Å². The molecule has 0 amide bonds. The summed E-state index contributed by atoms with van der Waals surface area (Å²) >= 11 is 0. The van der Waals surface area contributed by atoms with Gasteiger partial charge < -0.3 is 10.8 Å². The number of ketones is 1. The summed E-state index contributed by atoms with van der Waals surface area (Å²) in [5.41, 5.74) is 12.3. The molecule has 3 aromatic rings. The van der Waals surface area contributed by atoms with Gasteiger partial charge >= 0.3 is 5.97 Å². The molecule has 1 atom stereocenters. The van der Waals surface area contributed by atoms with E-state index in [1.54, 1.807) is 0 Å². The number of Topliss-reactive ketones (excluding diaryl/α,β-unsaturated/α-hetero) is 1. The highest BCUT2D eigenvalue weighted by Gasteiger charge is 2.40.